The molecule has 4 rings (SSSR count). The summed E-state index contributed by atoms with van der Waals surface area (Å²) in [6.45, 7) is 3.25. The largest absolute Gasteiger partial charge is 0.490 e. The van der Waals surface area contributed by atoms with Crippen LogP contribution in [0.5, 0.6) is 5.75 Å². The molecule has 28 heavy (non-hydrogen) atoms. The van der Waals surface area contributed by atoms with Gasteiger partial charge in [0, 0.05) is 51.1 Å². The van der Waals surface area contributed by atoms with Crippen LogP contribution in [0.15, 0.2) is 24.3 Å². The normalized spacial score (nSPS) is 22.7. The maximum atomic E-state index is 12.4. The Labute approximate surface area is 164 Å². The molecule has 1 aromatic rings. The van der Waals surface area contributed by atoms with Gasteiger partial charge in [0.25, 0.3) is 5.91 Å². The number of urea groups is 1. The molecule has 150 valence electrons. The highest BCUT2D eigenvalue weighted by Gasteiger charge is 2.33. The number of nitrogens with zero attached hydrogens (tertiary/aromatic N) is 2. The van der Waals surface area contributed by atoms with E-state index in [0.717, 1.165) is 44.5 Å². The Morgan fingerprint density at radius 1 is 0.964 bits per heavy atom. The Hall–Kier alpha value is -2.77. The molecule has 0 saturated carbocycles. The number of carbonyl (C=O) groups is 3. The van der Waals surface area contributed by atoms with E-state index in [1.54, 1.807) is 4.90 Å². The molecule has 8 nitrogen and oxygen atoms in total. The van der Waals surface area contributed by atoms with Gasteiger partial charge in [0.15, 0.2) is 0 Å². The third kappa shape index (κ3) is 4.05. The Kier molecular flexibility index (Phi) is 5.36. The smallest absolute Gasteiger partial charge is 0.315 e. The number of nitrogens with one attached hydrogen (secondary N) is 2. The number of amides is 4. The second-order valence-electron chi connectivity index (χ2n) is 7.57. The molecule has 3 aliphatic rings. The average Bonchev–Trinajstić information content (AvgIpc) is 3.40. The molecule has 3 aliphatic heterocycles. The first-order valence-electron chi connectivity index (χ1n) is 9.99. The minimum atomic E-state index is -0.467. The predicted octanol–water partition coefficient (Wildman–Crippen LogP) is 0.974. The molecular formula is C20H26N4O4. The lowest BCUT2D eigenvalue weighted by molar-refractivity contribution is -0.134. The van der Waals surface area contributed by atoms with E-state index in [2.05, 4.69) is 10.6 Å². The molecule has 0 spiro atoms. The van der Waals surface area contributed by atoms with Crippen molar-refractivity contribution in [2.24, 2.45) is 0 Å². The average molecular weight is 386 g/mol. The molecule has 4 amide bonds. The van der Waals surface area contributed by atoms with Gasteiger partial charge in [-0.15, -0.1) is 0 Å². The van der Waals surface area contributed by atoms with E-state index in [-0.39, 0.29) is 23.9 Å². The minimum absolute atomic E-state index is 0.0402. The Balaban J connectivity index is 1.26. The van der Waals surface area contributed by atoms with Crippen LogP contribution in [0, 0.1) is 0 Å². The van der Waals surface area contributed by atoms with E-state index in [1.165, 1.54) is 0 Å². The van der Waals surface area contributed by atoms with Crippen molar-refractivity contribution in [3.8, 4) is 5.75 Å². The van der Waals surface area contributed by atoms with E-state index < -0.39 is 6.04 Å². The van der Waals surface area contributed by atoms with Gasteiger partial charge in [-0.1, -0.05) is 0 Å². The van der Waals surface area contributed by atoms with Gasteiger partial charge in [-0.05, 0) is 37.1 Å². The number of piperidine rings is 1. The SMILES string of the molecule is O=C1NC[C@@H](C(=O)N2CCC(Oc3ccc(C(=O)N4CCCC4)cc3)CC2)N1. The zero-order valence-electron chi connectivity index (χ0n) is 15.9. The Morgan fingerprint density at radius 2 is 1.64 bits per heavy atom. The lowest BCUT2D eigenvalue weighted by atomic mass is 10.1. The summed E-state index contributed by atoms with van der Waals surface area (Å²) in [6, 6.07) is 6.59. The van der Waals surface area contributed by atoms with Crippen molar-refractivity contribution in [1.29, 1.82) is 0 Å². The fourth-order valence-electron chi connectivity index (χ4n) is 3.99. The molecule has 3 saturated heterocycles. The molecular weight excluding hydrogens is 360 g/mol. The first-order valence-corrected chi connectivity index (χ1v) is 9.99. The summed E-state index contributed by atoms with van der Waals surface area (Å²) in [5.74, 6) is 0.793. The first kappa shape index (κ1) is 18.6. The lowest BCUT2D eigenvalue weighted by Crippen LogP contribution is -2.49. The molecule has 1 aromatic carbocycles. The van der Waals surface area contributed by atoms with Gasteiger partial charge in [-0.3, -0.25) is 9.59 Å². The van der Waals surface area contributed by atoms with Crippen molar-refractivity contribution in [3.63, 3.8) is 0 Å². The predicted molar refractivity (Wildman–Crippen MR) is 102 cm³/mol. The van der Waals surface area contributed by atoms with Gasteiger partial charge in [-0.25, -0.2) is 4.79 Å². The lowest BCUT2D eigenvalue weighted by Gasteiger charge is -2.33. The maximum Gasteiger partial charge on any atom is 0.315 e. The van der Waals surface area contributed by atoms with Crippen molar-refractivity contribution >= 4 is 17.8 Å². The van der Waals surface area contributed by atoms with Crippen molar-refractivity contribution in [2.45, 2.75) is 37.8 Å². The summed E-state index contributed by atoms with van der Waals surface area (Å²) >= 11 is 0. The number of ether oxygens (including phenoxy) is 1. The molecule has 0 aromatic heterocycles. The fourth-order valence-corrected chi connectivity index (χ4v) is 3.99. The van der Waals surface area contributed by atoms with Crippen LogP contribution in [0.25, 0.3) is 0 Å². The third-order valence-corrected chi connectivity index (χ3v) is 5.62. The molecule has 0 unspecified atom stereocenters. The molecule has 2 N–H and O–H groups in total. The topological polar surface area (TPSA) is 91.0 Å². The van der Waals surface area contributed by atoms with E-state index in [4.69, 9.17) is 4.74 Å². The quantitative estimate of drug-likeness (QED) is 0.807. The zero-order valence-corrected chi connectivity index (χ0v) is 15.9. The van der Waals surface area contributed by atoms with Gasteiger partial charge in [0.2, 0.25) is 5.91 Å². The second-order valence-corrected chi connectivity index (χ2v) is 7.57. The molecule has 1 atom stereocenters. The van der Waals surface area contributed by atoms with Gasteiger partial charge in [-0.2, -0.15) is 0 Å². The summed E-state index contributed by atoms with van der Waals surface area (Å²) < 4.78 is 6.04. The van der Waals surface area contributed by atoms with Gasteiger partial charge in [0.1, 0.15) is 17.9 Å². The molecule has 0 bridgehead atoms. The number of hydrogen-bond acceptors (Lipinski definition) is 4. The number of benzene rings is 1. The number of hydrogen-bond donors (Lipinski definition) is 2. The van der Waals surface area contributed by atoms with Crippen molar-refractivity contribution in [3.05, 3.63) is 29.8 Å². The van der Waals surface area contributed by atoms with E-state index in [1.807, 2.05) is 29.2 Å². The van der Waals surface area contributed by atoms with E-state index >= 15 is 0 Å². The van der Waals surface area contributed by atoms with Crippen LogP contribution < -0.4 is 15.4 Å². The van der Waals surface area contributed by atoms with Crippen LogP contribution in [-0.2, 0) is 4.79 Å². The Bertz CT molecular complexity index is 737. The molecule has 3 fully saturated rings. The standard InChI is InChI=1S/C20H26N4O4/c25-18(23-9-1-2-10-23)14-3-5-15(6-4-14)28-16-7-11-24(12-8-16)19(26)17-13-21-20(27)22-17/h3-6,16-17H,1-2,7-13H2,(H2,21,22,27)/t17-/m0/s1. The molecule has 0 radical (unpaired) electrons. The second kappa shape index (κ2) is 8.08. The highest BCUT2D eigenvalue weighted by Crippen LogP contribution is 2.21. The summed E-state index contributed by atoms with van der Waals surface area (Å²) in [7, 11) is 0. The van der Waals surface area contributed by atoms with Crippen LogP contribution in [0.3, 0.4) is 0 Å². The van der Waals surface area contributed by atoms with Crippen LogP contribution >= 0.6 is 0 Å². The minimum Gasteiger partial charge on any atom is -0.490 e. The van der Waals surface area contributed by atoms with Crippen molar-refractivity contribution in [2.75, 3.05) is 32.7 Å². The van der Waals surface area contributed by atoms with Gasteiger partial charge >= 0.3 is 6.03 Å². The van der Waals surface area contributed by atoms with Crippen LogP contribution in [-0.4, -0.2) is 72.5 Å². The van der Waals surface area contributed by atoms with Crippen LogP contribution in [0.1, 0.15) is 36.0 Å². The number of likely N-dealkylation sites (tertiary alicyclic amines) is 2. The molecule has 3 heterocycles. The summed E-state index contributed by atoms with van der Waals surface area (Å²) in [5, 5.41) is 5.24. The van der Waals surface area contributed by atoms with Gasteiger partial charge < -0.3 is 25.2 Å². The van der Waals surface area contributed by atoms with Crippen molar-refractivity contribution < 1.29 is 19.1 Å². The number of carbonyl (C=O) groups excluding carboxylic acids is 3. The highest BCUT2D eigenvalue weighted by molar-refractivity contribution is 5.94. The number of rotatable bonds is 4. The Morgan fingerprint density at radius 3 is 2.25 bits per heavy atom. The van der Waals surface area contributed by atoms with Crippen molar-refractivity contribution in [1.82, 2.24) is 20.4 Å². The first-order chi connectivity index (χ1) is 13.6. The van der Waals surface area contributed by atoms with E-state index in [0.29, 0.717) is 25.2 Å². The third-order valence-electron chi connectivity index (χ3n) is 5.62. The summed E-state index contributed by atoms with van der Waals surface area (Å²) in [4.78, 5) is 39.7. The molecule has 8 heteroatoms. The molecule has 0 aliphatic carbocycles. The fraction of sp³-hybridized carbons (Fsp3) is 0.550. The summed E-state index contributed by atoms with van der Waals surface area (Å²) in [5.41, 5.74) is 0.696. The highest BCUT2D eigenvalue weighted by atomic mass is 16.5. The van der Waals surface area contributed by atoms with Crippen LogP contribution in [0.4, 0.5) is 4.79 Å². The van der Waals surface area contributed by atoms with E-state index in [9.17, 15) is 14.4 Å². The van der Waals surface area contributed by atoms with Gasteiger partial charge in [0.05, 0.1) is 0 Å². The zero-order chi connectivity index (χ0) is 19.5. The van der Waals surface area contributed by atoms with Crippen LogP contribution in [0.2, 0.25) is 0 Å². The summed E-state index contributed by atoms with van der Waals surface area (Å²) in [6.07, 6.45) is 3.69. The monoisotopic (exact) mass is 386 g/mol. The maximum absolute atomic E-state index is 12.4.